The Balaban J connectivity index is 1.53. The van der Waals surface area contributed by atoms with Crippen molar-refractivity contribution in [3.8, 4) is 11.3 Å². The molecule has 1 amide bonds. The Morgan fingerprint density at radius 2 is 1.85 bits per heavy atom. The first-order valence-electron chi connectivity index (χ1n) is 12.9. The Morgan fingerprint density at radius 1 is 1.08 bits per heavy atom. The highest BCUT2D eigenvalue weighted by Gasteiger charge is 2.21. The Bertz CT molecular complexity index is 1390. The molecule has 0 saturated carbocycles. The van der Waals surface area contributed by atoms with Gasteiger partial charge in [0.05, 0.1) is 34.0 Å². The Morgan fingerprint density at radius 3 is 2.54 bits per heavy atom. The Hall–Kier alpha value is -4.44. The van der Waals surface area contributed by atoms with Gasteiger partial charge < -0.3 is 24.3 Å². The van der Waals surface area contributed by atoms with Crippen LogP contribution in [0.1, 0.15) is 35.5 Å². The van der Waals surface area contributed by atoms with E-state index in [1.165, 1.54) is 18.2 Å². The summed E-state index contributed by atoms with van der Waals surface area (Å²) < 4.78 is 10.9. The van der Waals surface area contributed by atoms with Crippen LogP contribution in [0.25, 0.3) is 17.4 Å². The summed E-state index contributed by atoms with van der Waals surface area (Å²) in [5.74, 6) is -0.175. The number of likely N-dealkylation sites (N-methyl/N-ethyl adjacent to an activating group) is 1. The van der Waals surface area contributed by atoms with Crippen LogP contribution in [0.5, 0.6) is 0 Å². The van der Waals surface area contributed by atoms with Crippen molar-refractivity contribution in [1.82, 2.24) is 4.90 Å². The standard InChI is InChI=1S/C29H32N4O6/c1-4-31-14-16-32(17-15-31)25-11-7-21(29(35)38-5-2)19-24(25)30-28(34)13-9-22-8-12-27(39-22)23-10-6-20(3)18-26(23)33(36)37/h6-13,18-19H,4-5,14-17H2,1-3H3,(H,30,34)/b13-9-. The highest BCUT2D eigenvalue weighted by molar-refractivity contribution is 6.05. The molecule has 0 unspecified atom stereocenters. The molecule has 1 aliphatic rings. The van der Waals surface area contributed by atoms with Crippen molar-refractivity contribution in [2.45, 2.75) is 20.8 Å². The molecule has 1 fully saturated rings. The fraction of sp³-hybridized carbons (Fsp3) is 0.310. The summed E-state index contributed by atoms with van der Waals surface area (Å²) in [4.78, 5) is 40.8. The SMILES string of the molecule is CCOC(=O)c1ccc(N2CCN(CC)CC2)c(NC(=O)/C=C\c2ccc(-c3ccc(C)cc3[N+](=O)[O-])o2)c1. The first-order valence-corrected chi connectivity index (χ1v) is 12.9. The second-order valence-corrected chi connectivity index (χ2v) is 9.18. The lowest BCUT2D eigenvalue weighted by Crippen LogP contribution is -2.46. The van der Waals surface area contributed by atoms with Crippen molar-refractivity contribution in [2.75, 3.05) is 49.5 Å². The van der Waals surface area contributed by atoms with E-state index in [0.29, 0.717) is 28.3 Å². The molecule has 1 N–H and O–H groups in total. The van der Waals surface area contributed by atoms with Crippen molar-refractivity contribution in [2.24, 2.45) is 0 Å². The number of amides is 1. The summed E-state index contributed by atoms with van der Waals surface area (Å²) in [5, 5.41) is 14.4. The average Bonchev–Trinajstić information content (AvgIpc) is 3.41. The number of benzene rings is 2. The van der Waals surface area contributed by atoms with E-state index >= 15 is 0 Å². The number of hydrogen-bond acceptors (Lipinski definition) is 8. The number of nitro benzene ring substituents is 1. The molecule has 0 atom stereocenters. The number of carbonyl (C=O) groups is 2. The van der Waals surface area contributed by atoms with E-state index in [2.05, 4.69) is 22.0 Å². The van der Waals surface area contributed by atoms with Crippen molar-refractivity contribution in [3.05, 3.63) is 81.6 Å². The first-order chi connectivity index (χ1) is 18.8. The van der Waals surface area contributed by atoms with Crippen LogP contribution in [0.4, 0.5) is 17.1 Å². The number of esters is 1. The summed E-state index contributed by atoms with van der Waals surface area (Å²) in [6, 6.07) is 13.4. The fourth-order valence-electron chi connectivity index (χ4n) is 4.48. The third-order valence-electron chi connectivity index (χ3n) is 6.57. The van der Waals surface area contributed by atoms with Gasteiger partial charge in [-0.25, -0.2) is 4.79 Å². The predicted octanol–water partition coefficient (Wildman–Crippen LogP) is 5.13. The fourth-order valence-corrected chi connectivity index (χ4v) is 4.48. The van der Waals surface area contributed by atoms with Crippen LogP contribution in [0, 0.1) is 17.0 Å². The molecule has 0 radical (unpaired) electrons. The number of aryl methyl sites for hydroxylation is 1. The van der Waals surface area contributed by atoms with Crippen molar-refractivity contribution in [3.63, 3.8) is 0 Å². The van der Waals surface area contributed by atoms with Gasteiger partial charge in [0.25, 0.3) is 5.69 Å². The lowest BCUT2D eigenvalue weighted by molar-refractivity contribution is -0.384. The lowest BCUT2D eigenvalue weighted by atomic mass is 10.1. The topological polar surface area (TPSA) is 118 Å². The zero-order valence-corrected chi connectivity index (χ0v) is 22.3. The highest BCUT2D eigenvalue weighted by Crippen LogP contribution is 2.32. The van der Waals surface area contributed by atoms with Gasteiger partial charge in [-0.3, -0.25) is 14.9 Å². The van der Waals surface area contributed by atoms with E-state index in [-0.39, 0.29) is 12.3 Å². The predicted molar refractivity (Wildman–Crippen MR) is 150 cm³/mol. The zero-order chi connectivity index (χ0) is 27.9. The highest BCUT2D eigenvalue weighted by atomic mass is 16.6. The quantitative estimate of drug-likeness (QED) is 0.174. The molecule has 3 aromatic rings. The number of rotatable bonds is 9. The lowest BCUT2D eigenvalue weighted by Gasteiger charge is -2.36. The van der Waals surface area contributed by atoms with Gasteiger partial charge in [-0.05, 0) is 68.4 Å². The molecule has 204 valence electrons. The summed E-state index contributed by atoms with van der Waals surface area (Å²) in [7, 11) is 0. The normalized spacial score (nSPS) is 14.0. The Labute approximate surface area is 227 Å². The number of hydrogen-bond donors (Lipinski definition) is 1. The van der Waals surface area contributed by atoms with Crippen molar-refractivity contribution in [1.29, 1.82) is 0 Å². The summed E-state index contributed by atoms with van der Waals surface area (Å²) in [5.41, 5.74) is 2.77. The van der Waals surface area contributed by atoms with E-state index in [1.807, 2.05) is 6.07 Å². The van der Waals surface area contributed by atoms with Crippen LogP contribution in [-0.2, 0) is 9.53 Å². The molecule has 0 bridgehead atoms. The van der Waals surface area contributed by atoms with Crippen LogP contribution in [0.15, 0.2) is 59.0 Å². The maximum absolute atomic E-state index is 12.9. The number of nitrogens with zero attached hydrogens (tertiary/aromatic N) is 3. The summed E-state index contributed by atoms with van der Waals surface area (Å²) in [6.45, 7) is 10.3. The molecule has 39 heavy (non-hydrogen) atoms. The number of carbonyl (C=O) groups excluding carboxylic acids is 2. The first kappa shape index (κ1) is 27.6. The number of piperazine rings is 1. The Kier molecular flexibility index (Phi) is 8.77. The van der Waals surface area contributed by atoms with Crippen LogP contribution in [-0.4, -0.2) is 61.0 Å². The smallest absolute Gasteiger partial charge is 0.338 e. The molecule has 0 spiro atoms. The minimum absolute atomic E-state index is 0.0496. The second-order valence-electron chi connectivity index (χ2n) is 9.18. The number of ether oxygens (including phenoxy) is 1. The van der Waals surface area contributed by atoms with Crippen molar-refractivity contribution >= 4 is 35.0 Å². The van der Waals surface area contributed by atoms with Gasteiger partial charge >= 0.3 is 5.97 Å². The van der Waals surface area contributed by atoms with E-state index in [4.69, 9.17) is 9.15 Å². The van der Waals surface area contributed by atoms with E-state index in [0.717, 1.165) is 44.0 Å². The molecule has 10 nitrogen and oxygen atoms in total. The molecular weight excluding hydrogens is 500 g/mol. The molecule has 2 aromatic carbocycles. The van der Waals surface area contributed by atoms with Gasteiger partial charge in [0, 0.05) is 38.3 Å². The van der Waals surface area contributed by atoms with Crippen LogP contribution in [0.3, 0.4) is 0 Å². The summed E-state index contributed by atoms with van der Waals surface area (Å²) >= 11 is 0. The minimum atomic E-state index is -0.459. The summed E-state index contributed by atoms with van der Waals surface area (Å²) in [6.07, 6.45) is 2.82. The molecule has 1 aromatic heterocycles. The average molecular weight is 533 g/mol. The molecule has 1 aliphatic heterocycles. The molecular formula is C29H32N4O6. The largest absolute Gasteiger partial charge is 0.462 e. The van der Waals surface area contributed by atoms with Crippen LogP contribution >= 0.6 is 0 Å². The third kappa shape index (κ3) is 6.71. The van der Waals surface area contributed by atoms with E-state index in [9.17, 15) is 19.7 Å². The molecule has 4 rings (SSSR count). The maximum atomic E-state index is 12.9. The molecule has 0 aliphatic carbocycles. The van der Waals surface area contributed by atoms with Crippen LogP contribution < -0.4 is 10.2 Å². The minimum Gasteiger partial charge on any atom is -0.462 e. The van der Waals surface area contributed by atoms with Gasteiger partial charge in [-0.15, -0.1) is 0 Å². The molecule has 1 saturated heterocycles. The van der Waals surface area contributed by atoms with Gasteiger partial charge in [0.1, 0.15) is 11.5 Å². The van der Waals surface area contributed by atoms with Crippen molar-refractivity contribution < 1.29 is 23.7 Å². The van der Waals surface area contributed by atoms with E-state index < -0.39 is 16.8 Å². The van der Waals surface area contributed by atoms with E-state index in [1.54, 1.807) is 50.2 Å². The van der Waals surface area contributed by atoms with Gasteiger partial charge in [-0.1, -0.05) is 13.0 Å². The van der Waals surface area contributed by atoms with Gasteiger partial charge in [0.15, 0.2) is 0 Å². The monoisotopic (exact) mass is 532 g/mol. The van der Waals surface area contributed by atoms with Gasteiger partial charge in [-0.2, -0.15) is 0 Å². The van der Waals surface area contributed by atoms with Gasteiger partial charge in [0.2, 0.25) is 5.91 Å². The van der Waals surface area contributed by atoms with Crippen LogP contribution in [0.2, 0.25) is 0 Å². The number of nitrogens with one attached hydrogen (secondary N) is 1. The maximum Gasteiger partial charge on any atom is 0.338 e. The molecule has 2 heterocycles. The molecule has 10 heteroatoms. The number of nitro groups is 1. The number of anilines is 2. The third-order valence-corrected chi connectivity index (χ3v) is 6.57. The number of furan rings is 1. The zero-order valence-electron chi connectivity index (χ0n) is 22.3. The second kappa shape index (κ2) is 12.4.